The SMILES string of the molecule is CCOC(=O)[C@H](C)C[C@@H](Cc1ccc(-c2ccccc2)cc1)NC(=O)c1cc(=O)c(O)co1. The second kappa shape index (κ2) is 11.1. The maximum Gasteiger partial charge on any atom is 0.308 e. The van der Waals surface area contributed by atoms with Crippen molar-refractivity contribution in [3.8, 4) is 16.9 Å². The Morgan fingerprint density at radius 3 is 2.36 bits per heavy atom. The van der Waals surface area contributed by atoms with Crippen molar-refractivity contribution in [1.29, 1.82) is 0 Å². The first-order valence-corrected chi connectivity index (χ1v) is 10.8. The molecular formula is C26H27NO6. The number of esters is 1. The van der Waals surface area contributed by atoms with Crippen LogP contribution in [-0.2, 0) is 16.0 Å². The highest BCUT2D eigenvalue weighted by Crippen LogP contribution is 2.21. The van der Waals surface area contributed by atoms with Gasteiger partial charge in [0.1, 0.15) is 6.26 Å². The number of benzene rings is 2. The van der Waals surface area contributed by atoms with E-state index in [1.54, 1.807) is 13.8 Å². The Morgan fingerprint density at radius 2 is 1.73 bits per heavy atom. The number of nitrogens with one attached hydrogen (secondary N) is 1. The first-order chi connectivity index (χ1) is 15.9. The van der Waals surface area contributed by atoms with Crippen molar-refractivity contribution in [2.75, 3.05) is 6.61 Å². The van der Waals surface area contributed by atoms with Crippen LogP contribution in [-0.4, -0.2) is 29.6 Å². The lowest BCUT2D eigenvalue weighted by Crippen LogP contribution is -2.39. The molecule has 0 aliphatic rings. The Balaban J connectivity index is 1.77. The summed E-state index contributed by atoms with van der Waals surface area (Å²) < 4.78 is 10.2. The molecule has 0 unspecified atom stereocenters. The van der Waals surface area contributed by atoms with E-state index in [1.807, 2.05) is 54.6 Å². The summed E-state index contributed by atoms with van der Waals surface area (Å²) in [7, 11) is 0. The lowest BCUT2D eigenvalue weighted by atomic mass is 9.94. The molecule has 2 N–H and O–H groups in total. The number of hydrogen-bond acceptors (Lipinski definition) is 6. The molecule has 2 atom stereocenters. The number of amides is 1. The number of carbonyl (C=O) groups excluding carboxylic acids is 2. The predicted octanol–water partition coefficient (Wildman–Crippen LogP) is 3.94. The van der Waals surface area contributed by atoms with Crippen molar-refractivity contribution in [3.05, 3.63) is 88.5 Å². The largest absolute Gasteiger partial charge is 0.502 e. The number of aromatic hydroxyl groups is 1. The van der Waals surface area contributed by atoms with Crippen molar-refractivity contribution < 1.29 is 23.8 Å². The predicted molar refractivity (Wildman–Crippen MR) is 124 cm³/mol. The molecule has 1 aromatic heterocycles. The molecule has 3 aromatic rings. The molecule has 0 aliphatic carbocycles. The van der Waals surface area contributed by atoms with Crippen molar-refractivity contribution in [2.45, 2.75) is 32.7 Å². The third kappa shape index (κ3) is 6.55. The van der Waals surface area contributed by atoms with Crippen molar-refractivity contribution in [2.24, 2.45) is 5.92 Å². The first-order valence-electron chi connectivity index (χ1n) is 10.8. The van der Waals surface area contributed by atoms with Gasteiger partial charge in [-0.15, -0.1) is 0 Å². The van der Waals surface area contributed by atoms with Gasteiger partial charge in [0.25, 0.3) is 5.91 Å². The molecular weight excluding hydrogens is 422 g/mol. The highest BCUT2D eigenvalue weighted by Gasteiger charge is 2.23. The Kier molecular flexibility index (Phi) is 8.02. The number of hydrogen-bond donors (Lipinski definition) is 2. The van der Waals surface area contributed by atoms with Crippen LogP contribution in [0.1, 0.15) is 36.4 Å². The monoisotopic (exact) mass is 449 g/mol. The third-order valence-corrected chi connectivity index (χ3v) is 5.24. The average Bonchev–Trinajstić information content (AvgIpc) is 2.82. The van der Waals surface area contributed by atoms with Crippen LogP contribution in [0.25, 0.3) is 11.1 Å². The summed E-state index contributed by atoms with van der Waals surface area (Å²) in [5.41, 5.74) is 2.44. The normalized spacial score (nSPS) is 12.5. The van der Waals surface area contributed by atoms with Gasteiger partial charge in [-0.05, 0) is 36.5 Å². The zero-order valence-electron chi connectivity index (χ0n) is 18.6. The fourth-order valence-corrected chi connectivity index (χ4v) is 3.53. The Morgan fingerprint density at radius 1 is 1.06 bits per heavy atom. The maximum absolute atomic E-state index is 12.7. The zero-order chi connectivity index (χ0) is 23.8. The first kappa shape index (κ1) is 23.8. The van der Waals surface area contributed by atoms with Crippen LogP contribution >= 0.6 is 0 Å². The second-order valence-corrected chi connectivity index (χ2v) is 7.82. The minimum Gasteiger partial charge on any atom is -0.502 e. The van der Waals surface area contributed by atoms with E-state index in [2.05, 4.69) is 5.32 Å². The molecule has 7 nitrogen and oxygen atoms in total. The quantitative estimate of drug-likeness (QED) is 0.479. The fourth-order valence-electron chi connectivity index (χ4n) is 3.53. The van der Waals surface area contributed by atoms with Crippen LogP contribution in [0.3, 0.4) is 0 Å². The van der Waals surface area contributed by atoms with Gasteiger partial charge in [0.05, 0.1) is 12.5 Å². The molecule has 1 heterocycles. The van der Waals surface area contributed by atoms with Gasteiger partial charge in [-0.1, -0.05) is 61.5 Å². The van der Waals surface area contributed by atoms with Gasteiger partial charge in [-0.25, -0.2) is 0 Å². The van der Waals surface area contributed by atoms with Crippen LogP contribution in [0.15, 0.2) is 76.1 Å². The molecule has 0 fully saturated rings. The van der Waals surface area contributed by atoms with Crippen LogP contribution in [0.2, 0.25) is 0 Å². The minimum atomic E-state index is -0.709. The van der Waals surface area contributed by atoms with Crippen LogP contribution < -0.4 is 10.7 Å². The smallest absolute Gasteiger partial charge is 0.308 e. The van der Waals surface area contributed by atoms with E-state index in [1.165, 1.54) is 0 Å². The fraction of sp³-hybridized carbons (Fsp3) is 0.269. The topological polar surface area (TPSA) is 106 Å². The molecule has 0 bridgehead atoms. The van der Waals surface area contributed by atoms with Gasteiger partial charge in [0.2, 0.25) is 5.43 Å². The molecule has 7 heteroatoms. The standard InChI is InChI=1S/C26H27NO6/c1-3-32-26(31)17(2)13-21(27-25(30)24-15-22(28)23(29)16-33-24)14-18-9-11-20(12-10-18)19-7-5-4-6-8-19/h4-12,15-17,21,29H,3,13-14H2,1-2H3,(H,27,30)/t17-,21+/m1/s1. The Labute approximate surface area is 192 Å². The summed E-state index contributed by atoms with van der Waals surface area (Å²) in [6.07, 6.45) is 1.63. The van der Waals surface area contributed by atoms with Crippen LogP contribution in [0, 0.1) is 5.92 Å². The summed E-state index contributed by atoms with van der Waals surface area (Å²) in [4.78, 5) is 36.5. The maximum atomic E-state index is 12.7. The highest BCUT2D eigenvalue weighted by atomic mass is 16.5. The van der Waals surface area contributed by atoms with Gasteiger partial charge in [-0.2, -0.15) is 0 Å². The molecule has 2 aromatic carbocycles. The summed E-state index contributed by atoms with van der Waals surface area (Å²) in [5, 5.41) is 12.2. The summed E-state index contributed by atoms with van der Waals surface area (Å²) in [6.45, 7) is 3.77. The van der Waals surface area contributed by atoms with E-state index in [0.29, 0.717) is 12.8 Å². The van der Waals surface area contributed by atoms with Gasteiger partial charge in [0.15, 0.2) is 11.5 Å². The average molecular weight is 450 g/mol. The molecule has 0 saturated heterocycles. The van der Waals surface area contributed by atoms with Gasteiger partial charge in [0, 0.05) is 12.1 Å². The van der Waals surface area contributed by atoms with Crippen molar-refractivity contribution >= 4 is 11.9 Å². The lowest BCUT2D eigenvalue weighted by molar-refractivity contribution is -0.147. The number of carbonyl (C=O) groups is 2. The summed E-state index contributed by atoms with van der Waals surface area (Å²) in [6, 6.07) is 18.5. The van der Waals surface area contributed by atoms with Crippen LogP contribution in [0.5, 0.6) is 5.75 Å². The van der Waals surface area contributed by atoms with E-state index in [9.17, 15) is 19.5 Å². The summed E-state index contributed by atoms with van der Waals surface area (Å²) in [5.74, 6) is -2.17. The van der Waals surface area contributed by atoms with Crippen molar-refractivity contribution in [1.82, 2.24) is 5.32 Å². The second-order valence-electron chi connectivity index (χ2n) is 7.82. The minimum absolute atomic E-state index is 0.217. The van der Waals surface area contributed by atoms with E-state index >= 15 is 0 Å². The molecule has 1 amide bonds. The third-order valence-electron chi connectivity index (χ3n) is 5.24. The van der Waals surface area contributed by atoms with E-state index < -0.39 is 29.0 Å². The van der Waals surface area contributed by atoms with Crippen LogP contribution in [0.4, 0.5) is 0 Å². The highest BCUT2D eigenvalue weighted by molar-refractivity contribution is 5.91. The molecule has 0 saturated carbocycles. The molecule has 0 aliphatic heterocycles. The molecule has 0 spiro atoms. The Hall–Kier alpha value is -3.87. The zero-order valence-corrected chi connectivity index (χ0v) is 18.6. The molecule has 172 valence electrons. The summed E-state index contributed by atoms with van der Waals surface area (Å²) >= 11 is 0. The van der Waals surface area contributed by atoms with E-state index in [-0.39, 0.29) is 18.3 Å². The van der Waals surface area contributed by atoms with Crippen molar-refractivity contribution in [3.63, 3.8) is 0 Å². The number of ether oxygens (including phenoxy) is 1. The molecule has 0 radical (unpaired) electrons. The number of rotatable bonds is 9. The van der Waals surface area contributed by atoms with E-state index in [4.69, 9.17) is 9.15 Å². The lowest BCUT2D eigenvalue weighted by Gasteiger charge is -2.22. The molecule has 33 heavy (non-hydrogen) atoms. The van der Waals surface area contributed by atoms with Gasteiger partial charge in [-0.3, -0.25) is 14.4 Å². The Bertz CT molecular complexity index is 1140. The van der Waals surface area contributed by atoms with E-state index in [0.717, 1.165) is 29.0 Å². The van der Waals surface area contributed by atoms with Gasteiger partial charge >= 0.3 is 5.97 Å². The van der Waals surface area contributed by atoms with Gasteiger partial charge < -0.3 is 19.6 Å². The molecule has 3 rings (SSSR count).